The highest BCUT2D eigenvalue weighted by Gasteiger charge is 2.21. The number of hydrogen-bond donors (Lipinski definition) is 1. The Morgan fingerprint density at radius 2 is 1.97 bits per heavy atom. The van der Waals surface area contributed by atoms with Crippen LogP contribution in [0.3, 0.4) is 0 Å². The molecule has 0 radical (unpaired) electrons. The number of aryl methyl sites for hydroxylation is 3. The van der Waals surface area contributed by atoms with Crippen molar-refractivity contribution in [3.05, 3.63) is 47.3 Å². The van der Waals surface area contributed by atoms with Gasteiger partial charge in [-0.2, -0.15) is 5.10 Å². The van der Waals surface area contributed by atoms with Crippen LogP contribution in [0.5, 0.6) is 0 Å². The molecule has 1 aliphatic rings. The van der Waals surface area contributed by atoms with Crippen molar-refractivity contribution < 1.29 is 9.59 Å². The van der Waals surface area contributed by atoms with Crippen LogP contribution in [0.4, 0.5) is 10.5 Å². The average Bonchev–Trinajstić information content (AvgIpc) is 3.23. The molecule has 29 heavy (non-hydrogen) atoms. The third-order valence-electron chi connectivity index (χ3n) is 4.99. The number of pyridine rings is 1. The van der Waals surface area contributed by atoms with Crippen molar-refractivity contribution in [2.45, 2.75) is 27.2 Å². The number of aromatic nitrogens is 3. The zero-order chi connectivity index (χ0) is 20.5. The van der Waals surface area contributed by atoms with Crippen LogP contribution in [-0.4, -0.2) is 49.7 Å². The number of fused-ring (bicyclic) bond motifs is 1. The van der Waals surface area contributed by atoms with Crippen molar-refractivity contribution in [2.24, 2.45) is 0 Å². The maximum atomic E-state index is 12.2. The first-order valence-electron chi connectivity index (χ1n) is 9.58. The fourth-order valence-corrected chi connectivity index (χ4v) is 4.47. The first-order chi connectivity index (χ1) is 13.9. The molecule has 0 unspecified atom stereocenters. The Labute approximate surface area is 173 Å². The Hall–Kier alpha value is -2.87. The molecular formula is C21H23N5O2S. The van der Waals surface area contributed by atoms with E-state index in [-0.39, 0.29) is 11.1 Å². The van der Waals surface area contributed by atoms with Crippen LogP contribution in [0.1, 0.15) is 23.4 Å². The molecule has 0 spiro atoms. The van der Waals surface area contributed by atoms with E-state index in [1.54, 1.807) is 4.90 Å². The fraction of sp³-hybridized carbons (Fsp3) is 0.333. The zero-order valence-corrected chi connectivity index (χ0v) is 17.5. The highest BCUT2D eigenvalue weighted by Crippen LogP contribution is 2.25. The van der Waals surface area contributed by atoms with Gasteiger partial charge in [0.15, 0.2) is 5.65 Å². The molecule has 1 aliphatic heterocycles. The number of amides is 2. The van der Waals surface area contributed by atoms with Crippen LogP contribution in [0.2, 0.25) is 0 Å². The molecule has 150 valence electrons. The van der Waals surface area contributed by atoms with E-state index in [0.29, 0.717) is 13.0 Å². The molecule has 4 rings (SSSR count). The molecule has 0 bridgehead atoms. The smallest absolute Gasteiger partial charge is 0.281 e. The van der Waals surface area contributed by atoms with Crippen LogP contribution in [-0.2, 0) is 4.79 Å². The molecular weight excluding hydrogens is 386 g/mol. The number of nitrogens with one attached hydrogen (secondary N) is 1. The Bertz CT molecular complexity index is 1090. The summed E-state index contributed by atoms with van der Waals surface area (Å²) in [5.41, 5.74) is 5.50. The minimum Gasteiger partial charge on any atom is -0.332 e. The lowest BCUT2D eigenvalue weighted by Crippen LogP contribution is -2.27. The second-order valence-corrected chi connectivity index (χ2v) is 8.27. The fourth-order valence-electron chi connectivity index (χ4n) is 3.62. The van der Waals surface area contributed by atoms with Gasteiger partial charge in [-0.15, -0.1) is 0 Å². The molecule has 1 aromatic carbocycles. The minimum absolute atomic E-state index is 0.0583. The third-order valence-corrected chi connectivity index (χ3v) is 5.88. The van der Waals surface area contributed by atoms with Crippen LogP contribution >= 0.6 is 11.8 Å². The molecule has 3 aromatic rings. The molecule has 0 aliphatic carbocycles. The highest BCUT2D eigenvalue weighted by molar-refractivity contribution is 8.13. The van der Waals surface area contributed by atoms with Gasteiger partial charge in [-0.25, -0.2) is 9.67 Å². The van der Waals surface area contributed by atoms with Crippen LogP contribution in [0.25, 0.3) is 16.7 Å². The predicted molar refractivity (Wildman–Crippen MR) is 116 cm³/mol. The number of carbonyl (C=O) groups is 2. The summed E-state index contributed by atoms with van der Waals surface area (Å²) in [4.78, 5) is 30.2. The average molecular weight is 410 g/mol. The molecule has 1 fully saturated rings. The van der Waals surface area contributed by atoms with E-state index < -0.39 is 0 Å². The molecule has 7 nitrogen and oxygen atoms in total. The van der Waals surface area contributed by atoms with Crippen molar-refractivity contribution in [1.29, 1.82) is 0 Å². The van der Waals surface area contributed by atoms with Gasteiger partial charge < -0.3 is 10.2 Å². The molecule has 2 aromatic heterocycles. The van der Waals surface area contributed by atoms with Crippen molar-refractivity contribution in [3.8, 4) is 5.69 Å². The van der Waals surface area contributed by atoms with Gasteiger partial charge in [0.05, 0.1) is 11.4 Å². The van der Waals surface area contributed by atoms with E-state index in [1.807, 2.05) is 42.8 Å². The van der Waals surface area contributed by atoms with Crippen molar-refractivity contribution in [3.63, 3.8) is 0 Å². The number of anilines is 1. The van der Waals surface area contributed by atoms with Gasteiger partial charge in [0, 0.05) is 42.0 Å². The number of hydrogen-bond acceptors (Lipinski definition) is 5. The van der Waals surface area contributed by atoms with Gasteiger partial charge in [0.2, 0.25) is 5.91 Å². The van der Waals surface area contributed by atoms with E-state index in [9.17, 15) is 9.59 Å². The molecule has 8 heteroatoms. The molecule has 1 N–H and O–H groups in total. The molecule has 3 heterocycles. The van der Waals surface area contributed by atoms with Gasteiger partial charge in [0.25, 0.3) is 5.24 Å². The van der Waals surface area contributed by atoms with E-state index in [0.717, 1.165) is 51.7 Å². The normalized spacial score (nSPS) is 14.0. The summed E-state index contributed by atoms with van der Waals surface area (Å²) < 4.78 is 1.84. The van der Waals surface area contributed by atoms with Gasteiger partial charge in [-0.05, 0) is 56.7 Å². The lowest BCUT2D eigenvalue weighted by Gasteiger charge is -2.14. The Balaban J connectivity index is 1.48. The summed E-state index contributed by atoms with van der Waals surface area (Å²) in [5.74, 6) is 0.702. The molecule has 2 amide bonds. The maximum Gasteiger partial charge on any atom is 0.281 e. The number of rotatable bonds is 5. The Morgan fingerprint density at radius 3 is 2.66 bits per heavy atom. The van der Waals surface area contributed by atoms with Crippen LogP contribution in [0, 0.1) is 20.8 Å². The topological polar surface area (TPSA) is 80.1 Å². The Kier molecular flexibility index (Phi) is 5.27. The molecule has 1 saturated heterocycles. The summed E-state index contributed by atoms with van der Waals surface area (Å²) in [6, 6.07) is 9.61. The second kappa shape index (κ2) is 7.87. The minimum atomic E-state index is -0.101. The van der Waals surface area contributed by atoms with E-state index in [4.69, 9.17) is 0 Å². The van der Waals surface area contributed by atoms with Crippen LogP contribution < -0.4 is 5.32 Å². The number of benzene rings is 1. The lowest BCUT2D eigenvalue weighted by molar-refractivity contribution is -0.116. The van der Waals surface area contributed by atoms with Gasteiger partial charge in [-0.3, -0.25) is 9.59 Å². The van der Waals surface area contributed by atoms with Gasteiger partial charge >= 0.3 is 0 Å². The number of carbonyl (C=O) groups excluding carboxylic acids is 2. The standard InChI is InChI=1S/C21H23N5O2S/c1-13-12-14(2)22-20-19(13)15(3)24-26(20)17-6-4-16(5-7-17)23-18(27)8-9-25-10-11-29-21(25)28/h4-7,12H,8-11H2,1-3H3,(H,23,27). The van der Waals surface area contributed by atoms with Gasteiger partial charge in [0.1, 0.15) is 0 Å². The van der Waals surface area contributed by atoms with E-state index >= 15 is 0 Å². The first kappa shape index (κ1) is 19.4. The summed E-state index contributed by atoms with van der Waals surface area (Å²) in [7, 11) is 0. The summed E-state index contributed by atoms with van der Waals surface area (Å²) >= 11 is 1.31. The third kappa shape index (κ3) is 3.98. The maximum absolute atomic E-state index is 12.2. The largest absolute Gasteiger partial charge is 0.332 e. The van der Waals surface area contributed by atoms with E-state index in [1.165, 1.54) is 11.8 Å². The van der Waals surface area contributed by atoms with Crippen molar-refractivity contribution in [2.75, 3.05) is 24.2 Å². The first-order valence-corrected chi connectivity index (χ1v) is 10.6. The van der Waals surface area contributed by atoms with Crippen LogP contribution in [0.15, 0.2) is 30.3 Å². The lowest BCUT2D eigenvalue weighted by atomic mass is 10.1. The number of nitrogens with zero attached hydrogens (tertiary/aromatic N) is 4. The van der Waals surface area contributed by atoms with Crippen molar-refractivity contribution in [1.82, 2.24) is 19.7 Å². The summed E-state index contributed by atoms with van der Waals surface area (Å²) in [6.07, 6.45) is 0.291. The predicted octanol–water partition coefficient (Wildman–Crippen LogP) is 3.84. The monoisotopic (exact) mass is 409 g/mol. The molecule has 0 atom stereocenters. The second-order valence-electron chi connectivity index (χ2n) is 7.22. The summed E-state index contributed by atoms with van der Waals surface area (Å²) in [5, 5.41) is 8.68. The highest BCUT2D eigenvalue weighted by atomic mass is 32.2. The summed E-state index contributed by atoms with van der Waals surface area (Å²) in [6.45, 7) is 7.21. The number of thioether (sulfide) groups is 1. The Morgan fingerprint density at radius 1 is 1.21 bits per heavy atom. The van der Waals surface area contributed by atoms with Crippen molar-refractivity contribution >= 4 is 39.6 Å². The van der Waals surface area contributed by atoms with E-state index in [2.05, 4.69) is 28.4 Å². The SMILES string of the molecule is Cc1cc(C)c2c(C)nn(-c3ccc(NC(=O)CCN4CCSC4=O)cc3)c2n1. The van der Waals surface area contributed by atoms with Gasteiger partial charge in [-0.1, -0.05) is 11.8 Å². The zero-order valence-electron chi connectivity index (χ0n) is 16.7. The molecule has 0 saturated carbocycles. The quantitative estimate of drug-likeness (QED) is 0.692.